The third kappa shape index (κ3) is 4.95. The summed E-state index contributed by atoms with van der Waals surface area (Å²) in [6.07, 6.45) is 0. The second-order valence-corrected chi connectivity index (χ2v) is 6.05. The van der Waals surface area contributed by atoms with Crippen LogP contribution in [0.1, 0.15) is 10.4 Å². The van der Waals surface area contributed by atoms with E-state index in [2.05, 4.69) is 0 Å². The largest absolute Gasteiger partial charge is 0.481 e. The summed E-state index contributed by atoms with van der Waals surface area (Å²) in [6.45, 7) is 1.65. The maximum Gasteiger partial charge on any atom is 0.313 e. The molecule has 0 radical (unpaired) electrons. The molecule has 8 heteroatoms. The average Bonchev–Trinajstić information content (AvgIpc) is 2.54. The molecule has 23 heavy (non-hydrogen) atoms. The molecule has 2 amide bonds. The van der Waals surface area contributed by atoms with E-state index in [4.69, 9.17) is 5.11 Å². The molecule has 1 aliphatic rings. The third-order valence-electron chi connectivity index (χ3n) is 3.46. The molecule has 0 unspecified atom stereocenters. The number of carboxylic acids is 1. The van der Waals surface area contributed by atoms with Crippen LogP contribution in [0.2, 0.25) is 0 Å². The number of aliphatic carboxylic acids is 1. The molecule has 2 rings (SSSR count). The van der Waals surface area contributed by atoms with Crippen molar-refractivity contribution in [3.05, 3.63) is 35.6 Å². The van der Waals surface area contributed by atoms with Gasteiger partial charge < -0.3 is 14.9 Å². The molecule has 0 saturated carbocycles. The normalized spacial score (nSPS) is 14.7. The monoisotopic (exact) mass is 340 g/mol. The van der Waals surface area contributed by atoms with Crippen LogP contribution in [-0.2, 0) is 9.59 Å². The summed E-state index contributed by atoms with van der Waals surface area (Å²) >= 11 is 1.06. The van der Waals surface area contributed by atoms with Gasteiger partial charge in [0, 0.05) is 31.7 Å². The summed E-state index contributed by atoms with van der Waals surface area (Å²) in [4.78, 5) is 37.9. The van der Waals surface area contributed by atoms with Crippen LogP contribution in [-0.4, -0.2) is 70.4 Å². The minimum atomic E-state index is -0.947. The van der Waals surface area contributed by atoms with Crippen LogP contribution in [0.5, 0.6) is 0 Å². The SMILES string of the molecule is O=C(O)CSCC(=O)N1CCN(C(=O)c2ccc(F)cc2)CC1. The number of amides is 2. The van der Waals surface area contributed by atoms with Gasteiger partial charge in [-0.15, -0.1) is 11.8 Å². The predicted octanol–water partition coefficient (Wildman–Crippen LogP) is 0.928. The summed E-state index contributed by atoms with van der Waals surface area (Å²) in [5.41, 5.74) is 0.420. The average molecular weight is 340 g/mol. The van der Waals surface area contributed by atoms with Crippen molar-refractivity contribution in [2.75, 3.05) is 37.7 Å². The predicted molar refractivity (Wildman–Crippen MR) is 83.8 cm³/mol. The van der Waals surface area contributed by atoms with Crippen LogP contribution in [0.3, 0.4) is 0 Å². The van der Waals surface area contributed by atoms with Crippen molar-refractivity contribution in [2.45, 2.75) is 0 Å². The zero-order valence-corrected chi connectivity index (χ0v) is 13.2. The van der Waals surface area contributed by atoms with E-state index in [0.29, 0.717) is 31.7 Å². The van der Waals surface area contributed by atoms with E-state index in [-0.39, 0.29) is 23.3 Å². The van der Waals surface area contributed by atoms with Crippen LogP contribution in [0.4, 0.5) is 4.39 Å². The van der Waals surface area contributed by atoms with Crippen molar-refractivity contribution in [3.63, 3.8) is 0 Å². The van der Waals surface area contributed by atoms with Crippen LogP contribution >= 0.6 is 11.8 Å². The number of benzene rings is 1. The highest BCUT2D eigenvalue weighted by molar-refractivity contribution is 8.00. The van der Waals surface area contributed by atoms with Gasteiger partial charge in [0.15, 0.2) is 0 Å². The zero-order chi connectivity index (χ0) is 16.8. The molecular formula is C15H17FN2O4S. The maximum absolute atomic E-state index is 12.9. The lowest BCUT2D eigenvalue weighted by Gasteiger charge is -2.34. The first kappa shape index (κ1) is 17.3. The summed E-state index contributed by atoms with van der Waals surface area (Å²) in [5.74, 6) is -1.62. The van der Waals surface area contributed by atoms with Gasteiger partial charge in [0.25, 0.3) is 5.91 Å². The van der Waals surface area contributed by atoms with E-state index in [1.165, 1.54) is 24.3 Å². The number of rotatable bonds is 5. The Hall–Kier alpha value is -2.09. The number of carbonyl (C=O) groups is 3. The van der Waals surface area contributed by atoms with Crippen molar-refractivity contribution in [3.8, 4) is 0 Å². The number of halogens is 1. The minimum Gasteiger partial charge on any atom is -0.481 e. The lowest BCUT2D eigenvalue weighted by atomic mass is 10.2. The fourth-order valence-electron chi connectivity index (χ4n) is 2.25. The Morgan fingerprint density at radius 1 is 1.00 bits per heavy atom. The lowest BCUT2D eigenvalue weighted by Crippen LogP contribution is -2.51. The molecule has 0 spiro atoms. The van der Waals surface area contributed by atoms with Gasteiger partial charge in [-0.1, -0.05) is 0 Å². The van der Waals surface area contributed by atoms with Gasteiger partial charge >= 0.3 is 5.97 Å². The minimum absolute atomic E-state index is 0.102. The molecule has 1 saturated heterocycles. The molecule has 1 fully saturated rings. The van der Waals surface area contributed by atoms with Crippen LogP contribution < -0.4 is 0 Å². The van der Waals surface area contributed by atoms with Crippen molar-refractivity contribution in [1.29, 1.82) is 0 Å². The van der Waals surface area contributed by atoms with Crippen molar-refractivity contribution >= 4 is 29.5 Å². The third-order valence-corrected chi connectivity index (χ3v) is 4.36. The smallest absolute Gasteiger partial charge is 0.313 e. The molecular weight excluding hydrogens is 323 g/mol. The van der Waals surface area contributed by atoms with Gasteiger partial charge in [0.1, 0.15) is 5.82 Å². The number of hydrogen-bond donors (Lipinski definition) is 1. The Labute approximate surface area is 137 Å². The lowest BCUT2D eigenvalue weighted by molar-refractivity contribution is -0.133. The van der Waals surface area contributed by atoms with E-state index in [9.17, 15) is 18.8 Å². The van der Waals surface area contributed by atoms with E-state index < -0.39 is 11.8 Å². The van der Waals surface area contributed by atoms with Crippen molar-refractivity contribution < 1.29 is 23.9 Å². The molecule has 1 aromatic rings. The first-order valence-electron chi connectivity index (χ1n) is 7.09. The van der Waals surface area contributed by atoms with Crippen LogP contribution in [0.15, 0.2) is 24.3 Å². The van der Waals surface area contributed by atoms with Crippen molar-refractivity contribution in [2.24, 2.45) is 0 Å². The fraction of sp³-hybridized carbons (Fsp3) is 0.400. The molecule has 1 aliphatic heterocycles. The molecule has 1 N–H and O–H groups in total. The van der Waals surface area contributed by atoms with E-state index >= 15 is 0 Å². The number of nitrogens with zero attached hydrogens (tertiary/aromatic N) is 2. The number of thioether (sulfide) groups is 1. The quantitative estimate of drug-likeness (QED) is 0.863. The Morgan fingerprint density at radius 3 is 2.13 bits per heavy atom. The Balaban J connectivity index is 1.81. The topological polar surface area (TPSA) is 77.9 Å². The Bertz CT molecular complexity index is 586. The zero-order valence-electron chi connectivity index (χ0n) is 12.4. The highest BCUT2D eigenvalue weighted by Crippen LogP contribution is 2.11. The molecule has 0 aromatic heterocycles. The van der Waals surface area contributed by atoms with Gasteiger partial charge in [-0.05, 0) is 24.3 Å². The molecule has 6 nitrogen and oxygen atoms in total. The highest BCUT2D eigenvalue weighted by Gasteiger charge is 2.24. The Morgan fingerprint density at radius 2 is 1.57 bits per heavy atom. The van der Waals surface area contributed by atoms with Crippen LogP contribution in [0.25, 0.3) is 0 Å². The van der Waals surface area contributed by atoms with Gasteiger partial charge in [0.05, 0.1) is 11.5 Å². The molecule has 0 atom stereocenters. The number of carbonyl (C=O) groups excluding carboxylic acids is 2. The number of hydrogen-bond acceptors (Lipinski definition) is 4. The first-order chi connectivity index (χ1) is 11.0. The van der Waals surface area contributed by atoms with Gasteiger partial charge in [-0.3, -0.25) is 14.4 Å². The van der Waals surface area contributed by atoms with E-state index in [0.717, 1.165) is 11.8 Å². The highest BCUT2D eigenvalue weighted by atomic mass is 32.2. The summed E-state index contributed by atoms with van der Waals surface area (Å²) in [5, 5.41) is 8.54. The van der Waals surface area contributed by atoms with Gasteiger partial charge in [-0.25, -0.2) is 4.39 Å². The molecule has 0 bridgehead atoms. The molecule has 1 heterocycles. The van der Waals surface area contributed by atoms with Gasteiger partial charge in [-0.2, -0.15) is 0 Å². The Kier molecular flexibility index (Phi) is 5.97. The second kappa shape index (κ2) is 7.96. The van der Waals surface area contributed by atoms with Gasteiger partial charge in [0.2, 0.25) is 5.91 Å². The molecule has 1 aromatic carbocycles. The second-order valence-electron chi connectivity index (χ2n) is 5.07. The van der Waals surface area contributed by atoms with Crippen LogP contribution in [0, 0.1) is 5.82 Å². The van der Waals surface area contributed by atoms with E-state index in [1.54, 1.807) is 9.80 Å². The standard InChI is InChI=1S/C15H17FN2O4S/c16-12-3-1-11(2-4-12)15(22)18-7-5-17(6-8-18)13(19)9-23-10-14(20)21/h1-4H,5-10H2,(H,20,21). The first-order valence-corrected chi connectivity index (χ1v) is 8.25. The summed E-state index contributed by atoms with van der Waals surface area (Å²) in [7, 11) is 0. The van der Waals surface area contributed by atoms with E-state index in [1.807, 2.05) is 0 Å². The molecule has 0 aliphatic carbocycles. The van der Waals surface area contributed by atoms with Crippen molar-refractivity contribution in [1.82, 2.24) is 9.80 Å². The fourth-order valence-corrected chi connectivity index (χ4v) is 2.88. The number of piperazine rings is 1. The maximum atomic E-state index is 12.9. The summed E-state index contributed by atoms with van der Waals surface area (Å²) < 4.78 is 12.9. The number of carboxylic acid groups (broad SMARTS) is 1. The molecule has 124 valence electrons. The summed E-state index contributed by atoms with van der Waals surface area (Å²) in [6, 6.07) is 5.37.